The van der Waals surface area contributed by atoms with E-state index in [9.17, 15) is 5.11 Å². The Morgan fingerprint density at radius 2 is 2.07 bits per heavy atom. The maximum Gasteiger partial charge on any atom is 0.0630 e. The van der Waals surface area contributed by atoms with Crippen LogP contribution in [0.15, 0.2) is 12.3 Å². The number of rotatable bonds is 5. The van der Waals surface area contributed by atoms with Gasteiger partial charge in [-0.25, -0.2) is 0 Å². The summed E-state index contributed by atoms with van der Waals surface area (Å²) in [6.45, 7) is 4.50. The molecule has 0 saturated carbocycles. The third kappa shape index (κ3) is 2.35. The molecule has 0 fully saturated rings. The van der Waals surface area contributed by atoms with Crippen LogP contribution in [-0.4, -0.2) is 21.5 Å². The lowest BCUT2D eigenvalue weighted by Gasteiger charge is -2.28. The highest BCUT2D eigenvalue weighted by atomic mass is 16.3. The van der Waals surface area contributed by atoms with Crippen molar-refractivity contribution in [1.82, 2.24) is 9.78 Å². The smallest absolute Gasteiger partial charge is 0.0630 e. The lowest BCUT2D eigenvalue weighted by atomic mass is 9.79. The van der Waals surface area contributed by atoms with Crippen molar-refractivity contribution < 1.29 is 5.11 Å². The summed E-state index contributed by atoms with van der Waals surface area (Å²) in [7, 11) is 1.92. The van der Waals surface area contributed by atoms with Gasteiger partial charge in [-0.15, -0.1) is 0 Å². The van der Waals surface area contributed by atoms with Gasteiger partial charge in [-0.1, -0.05) is 13.8 Å². The Balaban J connectivity index is 2.73. The number of aryl methyl sites for hydroxylation is 1. The topological polar surface area (TPSA) is 38.0 Å². The summed E-state index contributed by atoms with van der Waals surface area (Å²) < 4.78 is 1.81. The van der Waals surface area contributed by atoms with Crippen molar-refractivity contribution in [3.05, 3.63) is 18.0 Å². The summed E-state index contributed by atoms with van der Waals surface area (Å²) in [5.41, 5.74) is 1.10. The number of hydrogen-bond donors (Lipinski definition) is 1. The molecule has 0 amide bonds. The Morgan fingerprint density at radius 1 is 1.43 bits per heavy atom. The van der Waals surface area contributed by atoms with E-state index in [1.165, 1.54) is 0 Å². The molecule has 0 atom stereocenters. The van der Waals surface area contributed by atoms with Gasteiger partial charge in [-0.05, 0) is 30.7 Å². The molecule has 1 aromatic rings. The predicted molar refractivity (Wildman–Crippen MR) is 57.0 cm³/mol. The number of hydrogen-bond acceptors (Lipinski definition) is 2. The molecule has 1 rings (SSSR count). The first-order chi connectivity index (χ1) is 6.65. The van der Waals surface area contributed by atoms with Crippen molar-refractivity contribution in [1.29, 1.82) is 0 Å². The van der Waals surface area contributed by atoms with Crippen LogP contribution in [0, 0.1) is 5.41 Å². The van der Waals surface area contributed by atoms with E-state index in [0.717, 1.165) is 25.0 Å². The van der Waals surface area contributed by atoms with Gasteiger partial charge in [0.1, 0.15) is 0 Å². The van der Waals surface area contributed by atoms with E-state index in [4.69, 9.17) is 0 Å². The molecule has 0 aliphatic carbocycles. The lowest BCUT2D eigenvalue weighted by molar-refractivity contribution is 0.114. The van der Waals surface area contributed by atoms with Crippen LogP contribution in [0.5, 0.6) is 0 Å². The van der Waals surface area contributed by atoms with Gasteiger partial charge < -0.3 is 5.11 Å². The van der Waals surface area contributed by atoms with Crippen LogP contribution >= 0.6 is 0 Å². The third-order valence-electron chi connectivity index (χ3n) is 3.16. The van der Waals surface area contributed by atoms with Crippen LogP contribution in [0.25, 0.3) is 0 Å². The zero-order valence-electron chi connectivity index (χ0n) is 9.32. The molecule has 0 unspecified atom stereocenters. The maximum atomic E-state index is 9.41. The van der Waals surface area contributed by atoms with Crippen molar-refractivity contribution >= 4 is 0 Å². The number of nitrogens with zero attached hydrogens (tertiary/aromatic N) is 2. The standard InChI is InChI=1S/C11H20N2O/c1-4-11(5-2,9-14)8-10-6-7-13(3)12-10/h6-7,14H,4-5,8-9H2,1-3H3. The number of aliphatic hydroxyl groups excluding tert-OH is 1. The zero-order chi connectivity index (χ0) is 10.6. The first kappa shape index (κ1) is 11.2. The summed E-state index contributed by atoms with van der Waals surface area (Å²) >= 11 is 0. The van der Waals surface area contributed by atoms with Gasteiger partial charge in [0.2, 0.25) is 0 Å². The summed E-state index contributed by atoms with van der Waals surface area (Å²) in [5.74, 6) is 0. The fraction of sp³-hybridized carbons (Fsp3) is 0.727. The average Bonchev–Trinajstić information content (AvgIpc) is 2.61. The zero-order valence-corrected chi connectivity index (χ0v) is 9.32. The van der Waals surface area contributed by atoms with Crippen LogP contribution in [0.2, 0.25) is 0 Å². The van der Waals surface area contributed by atoms with Crippen LogP contribution in [0.3, 0.4) is 0 Å². The van der Waals surface area contributed by atoms with Crippen molar-refractivity contribution in [2.24, 2.45) is 12.5 Å². The highest BCUT2D eigenvalue weighted by Crippen LogP contribution is 2.29. The van der Waals surface area contributed by atoms with Crippen molar-refractivity contribution in [2.45, 2.75) is 33.1 Å². The van der Waals surface area contributed by atoms with Gasteiger partial charge in [-0.3, -0.25) is 4.68 Å². The maximum absolute atomic E-state index is 9.41. The molecule has 3 heteroatoms. The molecule has 1 heterocycles. The highest BCUT2D eigenvalue weighted by molar-refractivity contribution is 5.02. The minimum absolute atomic E-state index is 0.0222. The number of aliphatic hydroxyl groups is 1. The molecule has 0 aliphatic rings. The summed E-state index contributed by atoms with van der Waals surface area (Å²) in [6.07, 6.45) is 4.81. The first-order valence-electron chi connectivity index (χ1n) is 5.25. The Hall–Kier alpha value is -0.830. The van der Waals surface area contributed by atoms with E-state index >= 15 is 0 Å². The van der Waals surface area contributed by atoms with Gasteiger partial charge in [0.25, 0.3) is 0 Å². The molecule has 1 N–H and O–H groups in total. The second-order valence-corrected chi connectivity index (χ2v) is 4.02. The Labute approximate surface area is 85.8 Å². The minimum atomic E-state index is 0.0222. The van der Waals surface area contributed by atoms with Crippen LogP contribution < -0.4 is 0 Å². The first-order valence-corrected chi connectivity index (χ1v) is 5.25. The Kier molecular flexibility index (Phi) is 3.69. The molecule has 1 aromatic heterocycles. The Morgan fingerprint density at radius 3 is 2.43 bits per heavy atom. The second-order valence-electron chi connectivity index (χ2n) is 4.02. The van der Waals surface area contributed by atoms with Gasteiger partial charge in [-0.2, -0.15) is 5.10 Å². The van der Waals surface area contributed by atoms with Gasteiger partial charge >= 0.3 is 0 Å². The van der Waals surface area contributed by atoms with Crippen molar-refractivity contribution in [3.8, 4) is 0 Å². The normalized spacial score (nSPS) is 12.0. The molecule has 0 saturated heterocycles. The predicted octanol–water partition coefficient (Wildman–Crippen LogP) is 1.76. The highest BCUT2D eigenvalue weighted by Gasteiger charge is 2.26. The largest absolute Gasteiger partial charge is 0.396 e. The molecular formula is C11H20N2O. The fourth-order valence-electron chi connectivity index (χ4n) is 1.72. The van der Waals surface area contributed by atoms with Gasteiger partial charge in [0, 0.05) is 19.9 Å². The molecule has 0 radical (unpaired) electrons. The Bertz CT molecular complexity index is 268. The SMILES string of the molecule is CCC(CC)(CO)Cc1ccn(C)n1. The van der Waals surface area contributed by atoms with Crippen molar-refractivity contribution in [3.63, 3.8) is 0 Å². The molecule has 14 heavy (non-hydrogen) atoms. The van der Waals surface area contributed by atoms with E-state index in [-0.39, 0.29) is 12.0 Å². The van der Waals surface area contributed by atoms with E-state index in [1.54, 1.807) is 0 Å². The van der Waals surface area contributed by atoms with Gasteiger partial charge in [0.15, 0.2) is 0 Å². The molecule has 0 bridgehead atoms. The average molecular weight is 196 g/mol. The minimum Gasteiger partial charge on any atom is -0.396 e. The van der Waals surface area contributed by atoms with Crippen LogP contribution in [0.1, 0.15) is 32.4 Å². The molecular weight excluding hydrogens is 176 g/mol. The van der Waals surface area contributed by atoms with Gasteiger partial charge in [0.05, 0.1) is 5.69 Å². The number of aromatic nitrogens is 2. The summed E-state index contributed by atoms with van der Waals surface area (Å²) in [4.78, 5) is 0. The summed E-state index contributed by atoms with van der Waals surface area (Å²) in [5, 5.41) is 13.8. The van der Waals surface area contributed by atoms with E-state index in [0.29, 0.717) is 0 Å². The molecule has 3 nitrogen and oxygen atoms in total. The van der Waals surface area contributed by atoms with Crippen LogP contribution in [0.4, 0.5) is 0 Å². The van der Waals surface area contributed by atoms with Crippen molar-refractivity contribution in [2.75, 3.05) is 6.61 Å². The van der Waals surface area contributed by atoms with Crippen LogP contribution in [-0.2, 0) is 13.5 Å². The van der Waals surface area contributed by atoms with E-state index < -0.39 is 0 Å². The van der Waals surface area contributed by atoms with E-state index in [1.807, 2.05) is 24.0 Å². The fourth-order valence-corrected chi connectivity index (χ4v) is 1.72. The quantitative estimate of drug-likeness (QED) is 0.779. The lowest BCUT2D eigenvalue weighted by Crippen LogP contribution is -2.26. The molecule has 0 aromatic carbocycles. The molecule has 0 aliphatic heterocycles. The molecule has 80 valence electrons. The van der Waals surface area contributed by atoms with E-state index in [2.05, 4.69) is 18.9 Å². The monoisotopic (exact) mass is 196 g/mol. The summed E-state index contributed by atoms with van der Waals surface area (Å²) in [6, 6.07) is 2.02. The second kappa shape index (κ2) is 4.60. The third-order valence-corrected chi connectivity index (χ3v) is 3.16. The molecule has 0 spiro atoms.